The van der Waals surface area contributed by atoms with Crippen molar-refractivity contribution in [1.29, 1.82) is 0 Å². The van der Waals surface area contributed by atoms with E-state index in [-0.39, 0.29) is 0 Å². The van der Waals surface area contributed by atoms with Gasteiger partial charge in [-0.05, 0) is 31.4 Å². The SMILES string of the molecule is CCNCc1cc(OCC2CCCC2)ccn1. The van der Waals surface area contributed by atoms with E-state index in [0.717, 1.165) is 37.1 Å². The number of nitrogens with zero attached hydrogens (tertiary/aromatic N) is 1. The highest BCUT2D eigenvalue weighted by Gasteiger charge is 2.15. The Morgan fingerprint density at radius 3 is 3.00 bits per heavy atom. The minimum atomic E-state index is 0.764. The second-order valence-corrected chi connectivity index (χ2v) is 4.72. The minimum absolute atomic E-state index is 0.764. The van der Waals surface area contributed by atoms with Crippen LogP contribution in [0.2, 0.25) is 0 Å². The summed E-state index contributed by atoms with van der Waals surface area (Å²) in [4.78, 5) is 4.31. The van der Waals surface area contributed by atoms with Gasteiger partial charge in [0.05, 0.1) is 12.3 Å². The van der Waals surface area contributed by atoms with Crippen LogP contribution in [-0.2, 0) is 6.54 Å². The average Bonchev–Trinajstić information content (AvgIpc) is 2.87. The lowest BCUT2D eigenvalue weighted by molar-refractivity contribution is 0.251. The highest BCUT2D eigenvalue weighted by atomic mass is 16.5. The van der Waals surface area contributed by atoms with E-state index in [1.165, 1.54) is 25.7 Å². The van der Waals surface area contributed by atoms with Crippen LogP contribution < -0.4 is 10.1 Å². The van der Waals surface area contributed by atoms with Crippen LogP contribution in [0.4, 0.5) is 0 Å². The lowest BCUT2D eigenvalue weighted by atomic mass is 10.1. The summed E-state index contributed by atoms with van der Waals surface area (Å²) in [5.41, 5.74) is 1.05. The number of aromatic nitrogens is 1. The van der Waals surface area contributed by atoms with Crippen LogP contribution in [0.5, 0.6) is 5.75 Å². The van der Waals surface area contributed by atoms with Crippen molar-refractivity contribution >= 4 is 0 Å². The molecule has 2 rings (SSSR count). The third-order valence-electron chi connectivity index (χ3n) is 3.30. The van der Waals surface area contributed by atoms with Gasteiger partial charge in [-0.15, -0.1) is 0 Å². The fourth-order valence-electron chi connectivity index (χ4n) is 2.29. The van der Waals surface area contributed by atoms with Crippen molar-refractivity contribution in [3.05, 3.63) is 24.0 Å². The summed E-state index contributed by atoms with van der Waals surface area (Å²) in [6, 6.07) is 3.99. The Bertz CT molecular complexity index is 335. The summed E-state index contributed by atoms with van der Waals surface area (Å²) in [5.74, 6) is 1.72. The Balaban J connectivity index is 1.82. The molecule has 1 aliphatic rings. The molecule has 0 saturated heterocycles. The van der Waals surface area contributed by atoms with E-state index >= 15 is 0 Å². The summed E-state index contributed by atoms with van der Waals surface area (Å²) >= 11 is 0. The van der Waals surface area contributed by atoms with Gasteiger partial charge in [0.1, 0.15) is 5.75 Å². The Morgan fingerprint density at radius 2 is 2.24 bits per heavy atom. The maximum atomic E-state index is 5.84. The van der Waals surface area contributed by atoms with Gasteiger partial charge >= 0.3 is 0 Å². The standard InChI is InChI=1S/C14H22N2O/c1-2-15-10-13-9-14(7-8-16-13)17-11-12-5-3-4-6-12/h7-9,12,15H,2-6,10-11H2,1H3. The predicted molar refractivity (Wildman–Crippen MR) is 69.1 cm³/mol. The summed E-state index contributed by atoms with van der Waals surface area (Å²) in [7, 11) is 0. The monoisotopic (exact) mass is 234 g/mol. The molecular formula is C14H22N2O. The third-order valence-corrected chi connectivity index (χ3v) is 3.30. The fourth-order valence-corrected chi connectivity index (χ4v) is 2.29. The van der Waals surface area contributed by atoms with E-state index in [4.69, 9.17) is 4.74 Å². The van der Waals surface area contributed by atoms with Gasteiger partial charge in [0.2, 0.25) is 0 Å². The van der Waals surface area contributed by atoms with Crippen molar-refractivity contribution < 1.29 is 4.74 Å². The van der Waals surface area contributed by atoms with Crippen molar-refractivity contribution in [3.63, 3.8) is 0 Å². The highest BCUT2D eigenvalue weighted by Crippen LogP contribution is 2.25. The van der Waals surface area contributed by atoms with Crippen LogP contribution in [0.25, 0.3) is 0 Å². The summed E-state index contributed by atoms with van der Waals surface area (Å²) in [5, 5.41) is 3.27. The van der Waals surface area contributed by atoms with Gasteiger partial charge < -0.3 is 10.1 Å². The first-order valence-corrected chi connectivity index (χ1v) is 6.67. The van der Waals surface area contributed by atoms with Crippen molar-refractivity contribution in [3.8, 4) is 5.75 Å². The molecule has 1 heterocycles. The van der Waals surface area contributed by atoms with E-state index in [1.54, 1.807) is 0 Å². The van der Waals surface area contributed by atoms with E-state index in [0.29, 0.717) is 0 Å². The van der Waals surface area contributed by atoms with Crippen molar-refractivity contribution in [1.82, 2.24) is 10.3 Å². The van der Waals surface area contributed by atoms with Crippen LogP contribution in [-0.4, -0.2) is 18.1 Å². The van der Waals surface area contributed by atoms with E-state index < -0.39 is 0 Å². The first kappa shape index (κ1) is 12.4. The zero-order valence-corrected chi connectivity index (χ0v) is 10.6. The molecule has 1 N–H and O–H groups in total. The Hall–Kier alpha value is -1.09. The number of rotatable bonds is 6. The van der Waals surface area contributed by atoms with E-state index in [9.17, 15) is 0 Å². The molecule has 17 heavy (non-hydrogen) atoms. The highest BCUT2D eigenvalue weighted by molar-refractivity contribution is 5.22. The largest absolute Gasteiger partial charge is 0.493 e. The smallest absolute Gasteiger partial charge is 0.122 e. The molecule has 1 aliphatic carbocycles. The fraction of sp³-hybridized carbons (Fsp3) is 0.643. The van der Waals surface area contributed by atoms with Crippen molar-refractivity contribution in [2.75, 3.05) is 13.2 Å². The van der Waals surface area contributed by atoms with E-state index in [1.807, 2.05) is 18.3 Å². The molecule has 1 saturated carbocycles. The summed E-state index contributed by atoms with van der Waals surface area (Å²) in [6.07, 6.45) is 7.23. The first-order chi connectivity index (χ1) is 8.38. The molecule has 0 spiro atoms. The minimum Gasteiger partial charge on any atom is -0.493 e. The van der Waals surface area contributed by atoms with Crippen LogP contribution >= 0.6 is 0 Å². The van der Waals surface area contributed by atoms with E-state index in [2.05, 4.69) is 17.2 Å². The third kappa shape index (κ3) is 4.00. The van der Waals surface area contributed by atoms with Gasteiger partial charge in [-0.25, -0.2) is 0 Å². The zero-order valence-electron chi connectivity index (χ0n) is 10.6. The van der Waals surface area contributed by atoms with Gasteiger partial charge in [0, 0.05) is 18.8 Å². The Labute approximate surface area is 104 Å². The zero-order chi connectivity index (χ0) is 11.9. The summed E-state index contributed by atoms with van der Waals surface area (Å²) in [6.45, 7) is 4.75. The van der Waals surface area contributed by atoms with Gasteiger partial charge in [-0.1, -0.05) is 19.8 Å². The molecule has 0 unspecified atom stereocenters. The molecule has 0 amide bonds. The van der Waals surface area contributed by atoms with Crippen LogP contribution in [0.3, 0.4) is 0 Å². The molecule has 0 radical (unpaired) electrons. The number of hydrogen-bond acceptors (Lipinski definition) is 3. The predicted octanol–water partition coefficient (Wildman–Crippen LogP) is 2.76. The Kier molecular flexibility index (Phi) is 4.80. The Morgan fingerprint density at radius 1 is 1.41 bits per heavy atom. The molecule has 1 aromatic heterocycles. The molecule has 1 aromatic rings. The topological polar surface area (TPSA) is 34.1 Å². The van der Waals surface area contributed by atoms with Crippen LogP contribution in [0, 0.1) is 5.92 Å². The van der Waals surface area contributed by atoms with Gasteiger partial charge in [-0.2, -0.15) is 0 Å². The molecule has 0 bridgehead atoms. The number of nitrogens with one attached hydrogen (secondary N) is 1. The first-order valence-electron chi connectivity index (χ1n) is 6.67. The average molecular weight is 234 g/mol. The molecule has 1 fully saturated rings. The van der Waals surface area contributed by atoms with Crippen molar-refractivity contribution in [2.45, 2.75) is 39.2 Å². The van der Waals surface area contributed by atoms with Crippen molar-refractivity contribution in [2.24, 2.45) is 5.92 Å². The quantitative estimate of drug-likeness (QED) is 0.822. The normalized spacial score (nSPS) is 16.3. The number of ether oxygens (including phenoxy) is 1. The van der Waals surface area contributed by atoms with Gasteiger partial charge in [-0.3, -0.25) is 4.98 Å². The molecule has 3 heteroatoms. The molecule has 0 aromatic carbocycles. The molecule has 94 valence electrons. The number of hydrogen-bond donors (Lipinski definition) is 1. The van der Waals surface area contributed by atoms with Gasteiger partial charge in [0.25, 0.3) is 0 Å². The van der Waals surface area contributed by atoms with Gasteiger partial charge in [0.15, 0.2) is 0 Å². The lowest BCUT2D eigenvalue weighted by Crippen LogP contribution is -2.13. The molecular weight excluding hydrogens is 212 g/mol. The van der Waals surface area contributed by atoms with Crippen LogP contribution in [0.15, 0.2) is 18.3 Å². The summed E-state index contributed by atoms with van der Waals surface area (Å²) < 4.78 is 5.84. The van der Waals surface area contributed by atoms with Crippen LogP contribution in [0.1, 0.15) is 38.3 Å². The second-order valence-electron chi connectivity index (χ2n) is 4.72. The maximum absolute atomic E-state index is 5.84. The number of pyridine rings is 1. The lowest BCUT2D eigenvalue weighted by Gasteiger charge is -2.11. The molecule has 3 nitrogen and oxygen atoms in total. The maximum Gasteiger partial charge on any atom is 0.122 e. The molecule has 0 atom stereocenters. The second kappa shape index (κ2) is 6.60. The molecule has 0 aliphatic heterocycles.